The van der Waals surface area contributed by atoms with Crippen LogP contribution in [0.15, 0.2) is 0 Å². The molecule has 21 heavy (non-hydrogen) atoms. The van der Waals surface area contributed by atoms with Crippen LogP contribution in [0.4, 0.5) is 4.79 Å². The Morgan fingerprint density at radius 2 is 2.00 bits per heavy atom. The van der Waals surface area contributed by atoms with Crippen molar-refractivity contribution in [3.05, 3.63) is 0 Å². The molecule has 1 aliphatic heterocycles. The molecular weight excluding hydrogens is 272 g/mol. The number of carboxylic acids is 1. The first kappa shape index (κ1) is 17.8. The number of hydrogen-bond acceptors (Lipinski definition) is 3. The van der Waals surface area contributed by atoms with Gasteiger partial charge in [0.2, 0.25) is 0 Å². The third-order valence-corrected chi connectivity index (χ3v) is 4.05. The Hall–Kier alpha value is -1.30. The van der Waals surface area contributed by atoms with Gasteiger partial charge in [0, 0.05) is 26.2 Å². The van der Waals surface area contributed by atoms with E-state index in [1.807, 2.05) is 16.8 Å². The van der Waals surface area contributed by atoms with Crippen LogP contribution in [0.25, 0.3) is 0 Å². The Bertz CT molecular complexity index is 341. The van der Waals surface area contributed by atoms with Crippen molar-refractivity contribution in [2.24, 2.45) is 0 Å². The molecule has 6 heteroatoms. The topological polar surface area (TPSA) is 70.1 Å². The predicted molar refractivity (Wildman–Crippen MR) is 80.3 cm³/mol. The molecule has 0 radical (unpaired) electrons. The number of carbonyl (C=O) groups is 2. The fourth-order valence-corrected chi connectivity index (χ4v) is 2.55. The molecule has 1 N–H and O–H groups in total. The first-order valence-electron chi connectivity index (χ1n) is 7.80. The molecule has 0 bridgehead atoms. The van der Waals surface area contributed by atoms with Crippen LogP contribution in [0.3, 0.4) is 0 Å². The Balaban J connectivity index is 2.31. The second kappa shape index (κ2) is 8.87. The summed E-state index contributed by atoms with van der Waals surface area (Å²) in [5.41, 5.74) is 0. The number of rotatable bonds is 7. The van der Waals surface area contributed by atoms with Crippen LogP contribution in [0.2, 0.25) is 0 Å². The van der Waals surface area contributed by atoms with Crippen molar-refractivity contribution >= 4 is 12.0 Å². The number of amides is 2. The highest BCUT2D eigenvalue weighted by molar-refractivity contribution is 5.74. The summed E-state index contributed by atoms with van der Waals surface area (Å²) in [6, 6.07) is 0.340. The molecule has 0 aromatic rings. The molecule has 122 valence electrons. The zero-order valence-electron chi connectivity index (χ0n) is 13.4. The Morgan fingerprint density at radius 3 is 2.52 bits per heavy atom. The van der Waals surface area contributed by atoms with E-state index in [-0.39, 0.29) is 31.2 Å². The first-order chi connectivity index (χ1) is 9.95. The van der Waals surface area contributed by atoms with Crippen molar-refractivity contribution < 1.29 is 19.4 Å². The van der Waals surface area contributed by atoms with Gasteiger partial charge in [-0.3, -0.25) is 4.79 Å². The maximum Gasteiger partial charge on any atom is 0.319 e. The van der Waals surface area contributed by atoms with E-state index >= 15 is 0 Å². The molecule has 0 aliphatic carbocycles. The number of hydrogen-bond donors (Lipinski definition) is 1. The maximum atomic E-state index is 12.4. The van der Waals surface area contributed by atoms with Crippen LogP contribution in [0, 0.1) is 0 Å². The van der Waals surface area contributed by atoms with Crippen LogP contribution < -0.4 is 0 Å². The molecule has 1 rings (SSSR count). The summed E-state index contributed by atoms with van der Waals surface area (Å²) in [5, 5.41) is 8.58. The fraction of sp³-hybridized carbons (Fsp3) is 0.867. The quantitative estimate of drug-likeness (QED) is 0.782. The van der Waals surface area contributed by atoms with Crippen molar-refractivity contribution in [1.29, 1.82) is 0 Å². The van der Waals surface area contributed by atoms with Gasteiger partial charge in [0.15, 0.2) is 0 Å². The molecule has 0 saturated carbocycles. The molecule has 0 aromatic heterocycles. The van der Waals surface area contributed by atoms with Crippen LogP contribution >= 0.6 is 0 Å². The van der Waals surface area contributed by atoms with E-state index < -0.39 is 5.97 Å². The lowest BCUT2D eigenvalue weighted by Gasteiger charge is -2.36. The van der Waals surface area contributed by atoms with Gasteiger partial charge in [0.05, 0.1) is 19.1 Å². The molecule has 1 fully saturated rings. The zero-order valence-corrected chi connectivity index (χ0v) is 13.4. The summed E-state index contributed by atoms with van der Waals surface area (Å²) in [4.78, 5) is 26.5. The summed E-state index contributed by atoms with van der Waals surface area (Å²) in [6.45, 7) is 5.80. The summed E-state index contributed by atoms with van der Waals surface area (Å²) in [7, 11) is 1.86. The van der Waals surface area contributed by atoms with Gasteiger partial charge in [0.25, 0.3) is 0 Å². The number of ether oxygens (including phenoxy) is 1. The van der Waals surface area contributed by atoms with E-state index in [4.69, 9.17) is 9.84 Å². The van der Waals surface area contributed by atoms with Gasteiger partial charge in [-0.2, -0.15) is 0 Å². The zero-order chi connectivity index (χ0) is 15.8. The summed E-state index contributed by atoms with van der Waals surface area (Å²) in [6.07, 6.45) is 3.75. The lowest BCUT2D eigenvalue weighted by atomic mass is 10.1. The molecule has 0 spiro atoms. The Kier molecular flexibility index (Phi) is 7.50. The average molecular weight is 300 g/mol. The third kappa shape index (κ3) is 5.91. The summed E-state index contributed by atoms with van der Waals surface area (Å²) < 4.78 is 5.54. The van der Waals surface area contributed by atoms with Crippen molar-refractivity contribution in [3.8, 4) is 0 Å². The van der Waals surface area contributed by atoms with E-state index in [2.05, 4.69) is 13.8 Å². The number of nitrogens with zero attached hydrogens (tertiary/aromatic N) is 2. The van der Waals surface area contributed by atoms with Crippen molar-refractivity contribution in [2.45, 2.75) is 58.1 Å². The van der Waals surface area contributed by atoms with Gasteiger partial charge in [-0.25, -0.2) is 4.79 Å². The molecule has 1 unspecified atom stereocenters. The average Bonchev–Trinajstić information content (AvgIpc) is 2.46. The summed E-state index contributed by atoms with van der Waals surface area (Å²) >= 11 is 0. The smallest absolute Gasteiger partial charge is 0.319 e. The SMILES string of the molecule is CCCC(C)N(C)C(=O)N1CCC(OCCC(=O)O)CC1. The Morgan fingerprint density at radius 1 is 1.38 bits per heavy atom. The van der Waals surface area contributed by atoms with E-state index in [0.29, 0.717) is 13.1 Å². The van der Waals surface area contributed by atoms with E-state index in [9.17, 15) is 9.59 Å². The van der Waals surface area contributed by atoms with E-state index in [0.717, 1.165) is 25.7 Å². The van der Waals surface area contributed by atoms with Crippen molar-refractivity contribution in [2.75, 3.05) is 26.7 Å². The minimum atomic E-state index is -0.839. The second-order valence-corrected chi connectivity index (χ2v) is 5.73. The number of likely N-dealkylation sites (tertiary alicyclic amines) is 1. The lowest BCUT2D eigenvalue weighted by molar-refractivity contribution is -0.138. The van der Waals surface area contributed by atoms with Crippen LogP contribution in [0.5, 0.6) is 0 Å². The van der Waals surface area contributed by atoms with Crippen molar-refractivity contribution in [3.63, 3.8) is 0 Å². The number of aliphatic carboxylic acids is 1. The van der Waals surface area contributed by atoms with Gasteiger partial charge >= 0.3 is 12.0 Å². The van der Waals surface area contributed by atoms with Crippen molar-refractivity contribution in [1.82, 2.24) is 9.80 Å². The fourth-order valence-electron chi connectivity index (χ4n) is 2.55. The van der Waals surface area contributed by atoms with E-state index in [1.54, 1.807) is 0 Å². The largest absolute Gasteiger partial charge is 0.481 e. The highest BCUT2D eigenvalue weighted by atomic mass is 16.5. The highest BCUT2D eigenvalue weighted by Crippen LogP contribution is 2.16. The van der Waals surface area contributed by atoms with Gasteiger partial charge in [-0.1, -0.05) is 13.3 Å². The van der Waals surface area contributed by atoms with Gasteiger partial charge in [-0.15, -0.1) is 0 Å². The normalized spacial score (nSPS) is 17.6. The van der Waals surface area contributed by atoms with E-state index in [1.165, 1.54) is 0 Å². The minimum absolute atomic E-state index is 0.0381. The molecule has 1 saturated heterocycles. The summed E-state index contributed by atoms with van der Waals surface area (Å²) in [5.74, 6) is -0.839. The maximum absolute atomic E-state index is 12.4. The standard InChI is InChI=1S/C15H28N2O4/c1-4-5-12(2)16(3)15(20)17-9-6-13(7-10-17)21-11-8-14(18)19/h12-13H,4-11H2,1-3H3,(H,18,19). The lowest BCUT2D eigenvalue weighted by Crippen LogP contribution is -2.49. The number of piperidine rings is 1. The molecular formula is C15H28N2O4. The Labute approximate surface area is 127 Å². The van der Waals surface area contributed by atoms with Crippen LogP contribution in [-0.2, 0) is 9.53 Å². The van der Waals surface area contributed by atoms with Crippen LogP contribution in [0.1, 0.15) is 46.0 Å². The minimum Gasteiger partial charge on any atom is -0.481 e. The molecule has 2 amide bonds. The van der Waals surface area contributed by atoms with Gasteiger partial charge in [0.1, 0.15) is 0 Å². The molecule has 1 heterocycles. The molecule has 6 nitrogen and oxygen atoms in total. The number of carboxylic acid groups (broad SMARTS) is 1. The third-order valence-electron chi connectivity index (χ3n) is 4.05. The molecule has 0 aromatic carbocycles. The van der Waals surface area contributed by atoms with Gasteiger partial charge in [-0.05, 0) is 26.2 Å². The monoisotopic (exact) mass is 300 g/mol. The van der Waals surface area contributed by atoms with Crippen LogP contribution in [-0.4, -0.2) is 65.8 Å². The predicted octanol–water partition coefficient (Wildman–Crippen LogP) is 2.18. The van der Waals surface area contributed by atoms with Gasteiger partial charge < -0.3 is 19.6 Å². The highest BCUT2D eigenvalue weighted by Gasteiger charge is 2.26. The first-order valence-corrected chi connectivity index (χ1v) is 7.80. The second-order valence-electron chi connectivity index (χ2n) is 5.73. The number of urea groups is 1. The molecule has 1 atom stereocenters. The molecule has 1 aliphatic rings. The number of carbonyl (C=O) groups excluding carboxylic acids is 1.